The summed E-state index contributed by atoms with van der Waals surface area (Å²) < 4.78 is 4.73. The number of carbonyl (C=O) groups excluding carboxylic acids is 2. The highest BCUT2D eigenvalue weighted by Crippen LogP contribution is 2.18. The summed E-state index contributed by atoms with van der Waals surface area (Å²) in [6, 6.07) is 1.52. The fourth-order valence-electron chi connectivity index (χ4n) is 1.80. The summed E-state index contributed by atoms with van der Waals surface area (Å²) in [5.41, 5.74) is -0.838. The van der Waals surface area contributed by atoms with E-state index in [4.69, 9.17) is 16.3 Å². The van der Waals surface area contributed by atoms with Gasteiger partial charge >= 0.3 is 5.97 Å². The van der Waals surface area contributed by atoms with E-state index in [1.54, 1.807) is 6.92 Å². The molecule has 0 radical (unpaired) electrons. The average molecular weight is 285 g/mol. The number of esters is 1. The summed E-state index contributed by atoms with van der Waals surface area (Å²) in [7, 11) is 1.29. The molecule has 19 heavy (non-hydrogen) atoms. The van der Waals surface area contributed by atoms with Gasteiger partial charge in [-0.05, 0) is 19.4 Å². The van der Waals surface area contributed by atoms with E-state index in [1.807, 2.05) is 6.92 Å². The molecule has 1 aromatic rings. The molecule has 1 amide bonds. The molecule has 0 spiro atoms. The molecule has 1 unspecified atom stereocenters. The molecule has 0 aliphatic rings. The van der Waals surface area contributed by atoms with Crippen LogP contribution in [0.1, 0.15) is 37.0 Å². The third-order valence-corrected chi connectivity index (χ3v) is 3.12. The van der Waals surface area contributed by atoms with Crippen LogP contribution in [-0.4, -0.2) is 29.5 Å². The number of aromatic nitrogens is 1. The van der Waals surface area contributed by atoms with E-state index < -0.39 is 17.4 Å². The number of ether oxygens (including phenoxy) is 1. The van der Waals surface area contributed by atoms with E-state index in [1.165, 1.54) is 25.6 Å². The number of methoxy groups -OCH3 is 1. The van der Waals surface area contributed by atoms with Crippen LogP contribution in [0, 0.1) is 0 Å². The van der Waals surface area contributed by atoms with Crippen LogP contribution in [0.3, 0.4) is 0 Å². The van der Waals surface area contributed by atoms with Gasteiger partial charge in [-0.15, -0.1) is 0 Å². The average Bonchev–Trinajstić information content (AvgIpc) is 2.38. The number of carbonyl (C=O) groups is 2. The first kappa shape index (κ1) is 15.4. The summed E-state index contributed by atoms with van der Waals surface area (Å²) in [4.78, 5) is 27.8. The molecule has 0 saturated carbocycles. The fraction of sp³-hybridized carbons (Fsp3) is 0.462. The zero-order valence-corrected chi connectivity index (χ0v) is 12.0. The highest BCUT2D eigenvalue weighted by molar-refractivity contribution is 6.33. The van der Waals surface area contributed by atoms with Crippen LogP contribution >= 0.6 is 11.6 Å². The molecule has 0 bridgehead atoms. The maximum Gasteiger partial charge on any atom is 0.331 e. The van der Waals surface area contributed by atoms with Gasteiger partial charge in [-0.1, -0.05) is 24.9 Å². The number of halogens is 1. The molecule has 1 aromatic heterocycles. The van der Waals surface area contributed by atoms with Gasteiger partial charge in [-0.2, -0.15) is 0 Å². The smallest absolute Gasteiger partial charge is 0.331 e. The monoisotopic (exact) mass is 284 g/mol. The number of amides is 1. The summed E-state index contributed by atoms with van der Waals surface area (Å²) in [6.07, 6.45) is 4.06. The van der Waals surface area contributed by atoms with Crippen molar-refractivity contribution >= 4 is 23.5 Å². The molecule has 0 aliphatic carbocycles. The number of nitrogens with zero attached hydrogens (tertiary/aromatic N) is 1. The maximum absolute atomic E-state index is 12.1. The van der Waals surface area contributed by atoms with Crippen molar-refractivity contribution < 1.29 is 14.3 Å². The Morgan fingerprint density at radius 3 is 2.74 bits per heavy atom. The molecule has 6 heteroatoms. The Hall–Kier alpha value is -1.62. The van der Waals surface area contributed by atoms with Gasteiger partial charge < -0.3 is 10.1 Å². The minimum absolute atomic E-state index is 0.232. The van der Waals surface area contributed by atoms with Crippen LogP contribution in [0.25, 0.3) is 0 Å². The molecular weight excluding hydrogens is 268 g/mol. The lowest BCUT2D eigenvalue weighted by molar-refractivity contribution is -0.147. The molecule has 1 heterocycles. The Bertz CT molecular complexity index is 479. The molecule has 0 fully saturated rings. The third-order valence-electron chi connectivity index (χ3n) is 2.79. The number of hydrogen-bond donors (Lipinski definition) is 1. The van der Waals surface area contributed by atoms with E-state index in [0.29, 0.717) is 6.42 Å². The van der Waals surface area contributed by atoms with Crippen molar-refractivity contribution in [1.82, 2.24) is 10.3 Å². The fourth-order valence-corrected chi connectivity index (χ4v) is 1.99. The Kier molecular flexibility index (Phi) is 5.30. The molecule has 5 nitrogen and oxygen atoms in total. The first-order chi connectivity index (χ1) is 8.94. The summed E-state index contributed by atoms with van der Waals surface area (Å²) in [6.45, 7) is 3.55. The van der Waals surface area contributed by atoms with Crippen LogP contribution in [0.4, 0.5) is 0 Å². The Balaban J connectivity index is 2.95. The van der Waals surface area contributed by atoms with Crippen molar-refractivity contribution in [3.63, 3.8) is 0 Å². The Morgan fingerprint density at radius 2 is 2.21 bits per heavy atom. The summed E-state index contributed by atoms with van der Waals surface area (Å²) in [5, 5.41) is 2.95. The lowest BCUT2D eigenvalue weighted by Crippen LogP contribution is -2.52. The summed E-state index contributed by atoms with van der Waals surface area (Å²) >= 11 is 5.92. The van der Waals surface area contributed by atoms with Crippen LogP contribution in [0.5, 0.6) is 0 Å². The lowest BCUT2D eigenvalue weighted by Gasteiger charge is -2.27. The Morgan fingerprint density at radius 1 is 1.53 bits per heavy atom. The van der Waals surface area contributed by atoms with Gasteiger partial charge in [-0.3, -0.25) is 9.78 Å². The highest BCUT2D eigenvalue weighted by atomic mass is 35.5. The lowest BCUT2D eigenvalue weighted by atomic mass is 9.95. The zero-order valence-electron chi connectivity index (χ0n) is 11.2. The quantitative estimate of drug-likeness (QED) is 0.842. The summed E-state index contributed by atoms with van der Waals surface area (Å²) in [5.74, 6) is -0.929. The second-order valence-corrected chi connectivity index (χ2v) is 4.79. The predicted molar refractivity (Wildman–Crippen MR) is 72.0 cm³/mol. The number of rotatable bonds is 5. The van der Waals surface area contributed by atoms with Crippen molar-refractivity contribution in [3.05, 3.63) is 29.0 Å². The molecule has 1 atom stereocenters. The first-order valence-electron chi connectivity index (χ1n) is 5.95. The molecule has 0 aliphatic heterocycles. The molecular formula is C13H17ClN2O3. The molecule has 0 saturated heterocycles. The second-order valence-electron chi connectivity index (χ2n) is 4.38. The number of hydrogen-bond acceptors (Lipinski definition) is 4. The Labute approximate surface area is 117 Å². The largest absolute Gasteiger partial charge is 0.467 e. The van der Waals surface area contributed by atoms with Crippen molar-refractivity contribution in [1.29, 1.82) is 0 Å². The van der Waals surface area contributed by atoms with E-state index in [2.05, 4.69) is 10.3 Å². The van der Waals surface area contributed by atoms with Gasteiger partial charge in [0.1, 0.15) is 5.54 Å². The molecule has 104 valence electrons. The van der Waals surface area contributed by atoms with E-state index >= 15 is 0 Å². The van der Waals surface area contributed by atoms with Gasteiger partial charge in [0.25, 0.3) is 5.91 Å². The first-order valence-corrected chi connectivity index (χ1v) is 6.33. The van der Waals surface area contributed by atoms with E-state index in [9.17, 15) is 9.59 Å². The van der Waals surface area contributed by atoms with Crippen molar-refractivity contribution in [2.24, 2.45) is 0 Å². The van der Waals surface area contributed by atoms with Crippen LogP contribution in [0.15, 0.2) is 18.5 Å². The van der Waals surface area contributed by atoms with Crippen LogP contribution in [0.2, 0.25) is 5.02 Å². The molecule has 0 aromatic carbocycles. The normalized spacial score (nSPS) is 13.5. The highest BCUT2D eigenvalue weighted by Gasteiger charge is 2.35. The third kappa shape index (κ3) is 3.67. The maximum atomic E-state index is 12.1. The van der Waals surface area contributed by atoms with Crippen molar-refractivity contribution in [2.75, 3.05) is 7.11 Å². The van der Waals surface area contributed by atoms with Gasteiger partial charge in [0.05, 0.1) is 17.7 Å². The van der Waals surface area contributed by atoms with Gasteiger partial charge in [0.15, 0.2) is 0 Å². The standard InChI is InChI=1S/C13H17ClN2O3/c1-4-6-13(2,12(18)19-3)16-11(17)9-8-15-7-5-10(9)14/h5,7-8H,4,6H2,1-3H3,(H,16,17). The molecule has 1 N–H and O–H groups in total. The number of nitrogens with one attached hydrogen (secondary N) is 1. The van der Waals surface area contributed by atoms with Gasteiger partial charge in [0, 0.05) is 12.4 Å². The van der Waals surface area contributed by atoms with E-state index in [-0.39, 0.29) is 10.6 Å². The minimum Gasteiger partial charge on any atom is -0.467 e. The topological polar surface area (TPSA) is 68.3 Å². The minimum atomic E-state index is -1.07. The van der Waals surface area contributed by atoms with Crippen LogP contribution < -0.4 is 5.32 Å². The van der Waals surface area contributed by atoms with Gasteiger partial charge in [0.2, 0.25) is 0 Å². The van der Waals surface area contributed by atoms with Crippen molar-refractivity contribution in [3.8, 4) is 0 Å². The second kappa shape index (κ2) is 6.52. The molecule has 1 rings (SSSR count). The van der Waals surface area contributed by atoms with Gasteiger partial charge in [-0.25, -0.2) is 4.79 Å². The van der Waals surface area contributed by atoms with Crippen molar-refractivity contribution in [2.45, 2.75) is 32.2 Å². The number of pyridine rings is 1. The van der Waals surface area contributed by atoms with Crippen LogP contribution in [-0.2, 0) is 9.53 Å². The van der Waals surface area contributed by atoms with E-state index in [0.717, 1.165) is 6.42 Å². The predicted octanol–water partition coefficient (Wildman–Crippen LogP) is 2.20. The SMILES string of the molecule is CCCC(C)(NC(=O)c1cnccc1Cl)C(=O)OC. The zero-order chi connectivity index (χ0) is 14.5.